The molecule has 19 heavy (non-hydrogen) atoms. The van der Waals surface area contributed by atoms with Crippen LogP contribution in [0.15, 0.2) is 54.6 Å². The van der Waals surface area contributed by atoms with Crippen LogP contribution in [-0.4, -0.2) is 9.97 Å². The summed E-state index contributed by atoms with van der Waals surface area (Å²) < 4.78 is 0. The quantitative estimate of drug-likeness (QED) is 0.495. The van der Waals surface area contributed by atoms with Crippen LogP contribution in [0.3, 0.4) is 0 Å². The first-order valence-corrected chi connectivity index (χ1v) is 6.34. The predicted molar refractivity (Wildman–Crippen MR) is 80.1 cm³/mol. The van der Waals surface area contributed by atoms with Gasteiger partial charge in [-0.15, -0.1) is 0 Å². The number of rotatable bonds is 1. The SMILES string of the molecule is [CH2]c1c(-c2cc3ccccc3[nH]2)[nH]c2ccccc12. The summed E-state index contributed by atoms with van der Waals surface area (Å²) in [5.41, 5.74) is 5.47. The minimum absolute atomic E-state index is 1.04. The maximum Gasteiger partial charge on any atom is 0.0663 e. The third kappa shape index (κ3) is 1.50. The molecule has 0 unspecified atom stereocenters. The Morgan fingerprint density at radius 2 is 1.53 bits per heavy atom. The molecule has 0 fully saturated rings. The van der Waals surface area contributed by atoms with Gasteiger partial charge in [-0.1, -0.05) is 36.4 Å². The Labute approximate surface area is 111 Å². The fourth-order valence-electron chi connectivity index (χ4n) is 2.64. The highest BCUT2D eigenvalue weighted by Gasteiger charge is 2.11. The lowest BCUT2D eigenvalue weighted by Gasteiger charge is -1.95. The van der Waals surface area contributed by atoms with Gasteiger partial charge in [0.1, 0.15) is 0 Å². The van der Waals surface area contributed by atoms with Crippen molar-refractivity contribution in [3.8, 4) is 11.4 Å². The Morgan fingerprint density at radius 1 is 0.789 bits per heavy atom. The lowest BCUT2D eigenvalue weighted by molar-refractivity contribution is 1.37. The number of fused-ring (bicyclic) bond motifs is 2. The van der Waals surface area contributed by atoms with E-state index in [1.807, 2.05) is 18.2 Å². The maximum absolute atomic E-state index is 4.20. The third-order valence-electron chi connectivity index (χ3n) is 3.61. The summed E-state index contributed by atoms with van der Waals surface area (Å²) in [5.74, 6) is 0. The zero-order valence-corrected chi connectivity index (χ0v) is 10.4. The number of nitrogens with one attached hydrogen (secondary N) is 2. The van der Waals surface area contributed by atoms with Crippen LogP contribution in [-0.2, 0) is 0 Å². The molecule has 4 aromatic rings. The van der Waals surface area contributed by atoms with Gasteiger partial charge in [0.15, 0.2) is 0 Å². The summed E-state index contributed by atoms with van der Waals surface area (Å²) in [6, 6.07) is 18.7. The molecule has 2 heteroatoms. The van der Waals surface area contributed by atoms with E-state index in [-0.39, 0.29) is 0 Å². The van der Waals surface area contributed by atoms with Gasteiger partial charge in [-0.25, -0.2) is 0 Å². The normalized spacial score (nSPS) is 11.4. The number of para-hydroxylation sites is 2. The second-order valence-corrected chi connectivity index (χ2v) is 4.79. The summed E-state index contributed by atoms with van der Waals surface area (Å²) in [4.78, 5) is 6.89. The summed E-state index contributed by atoms with van der Waals surface area (Å²) in [7, 11) is 0. The molecule has 91 valence electrons. The van der Waals surface area contributed by atoms with Crippen LogP contribution in [0, 0.1) is 6.92 Å². The molecule has 0 amide bonds. The summed E-state index contributed by atoms with van der Waals surface area (Å²) in [6.07, 6.45) is 0. The van der Waals surface area contributed by atoms with Crippen LogP contribution in [0.4, 0.5) is 0 Å². The van der Waals surface area contributed by atoms with Crippen LogP contribution in [0.1, 0.15) is 5.56 Å². The largest absolute Gasteiger partial charge is 0.353 e. The maximum atomic E-state index is 4.20. The van der Waals surface area contributed by atoms with Crippen molar-refractivity contribution in [2.45, 2.75) is 0 Å². The van der Waals surface area contributed by atoms with E-state index in [9.17, 15) is 0 Å². The van der Waals surface area contributed by atoms with E-state index in [1.54, 1.807) is 0 Å². The van der Waals surface area contributed by atoms with Gasteiger partial charge in [0, 0.05) is 21.8 Å². The van der Waals surface area contributed by atoms with E-state index in [1.165, 1.54) is 10.8 Å². The van der Waals surface area contributed by atoms with Crippen molar-refractivity contribution >= 4 is 21.8 Å². The molecule has 2 aromatic heterocycles. The molecule has 0 saturated carbocycles. The second-order valence-electron chi connectivity index (χ2n) is 4.79. The van der Waals surface area contributed by atoms with Crippen molar-refractivity contribution in [1.82, 2.24) is 9.97 Å². The minimum Gasteiger partial charge on any atom is -0.353 e. The van der Waals surface area contributed by atoms with Crippen LogP contribution >= 0.6 is 0 Å². The zero-order chi connectivity index (χ0) is 12.8. The van der Waals surface area contributed by atoms with Gasteiger partial charge in [0.05, 0.1) is 11.4 Å². The van der Waals surface area contributed by atoms with Crippen LogP contribution in [0.5, 0.6) is 0 Å². The molecule has 2 heterocycles. The molecule has 4 rings (SSSR count). The van der Waals surface area contributed by atoms with Gasteiger partial charge >= 0.3 is 0 Å². The van der Waals surface area contributed by atoms with E-state index in [2.05, 4.69) is 53.3 Å². The monoisotopic (exact) mass is 245 g/mol. The first kappa shape index (κ1) is 10.4. The Morgan fingerprint density at radius 3 is 2.32 bits per heavy atom. The predicted octanol–water partition coefficient (Wildman–Crippen LogP) is 4.50. The van der Waals surface area contributed by atoms with Crippen molar-refractivity contribution in [1.29, 1.82) is 0 Å². The summed E-state index contributed by atoms with van der Waals surface area (Å²) >= 11 is 0. The second kappa shape index (κ2) is 3.75. The molecule has 2 aromatic carbocycles. The van der Waals surface area contributed by atoms with Crippen molar-refractivity contribution in [2.75, 3.05) is 0 Å². The van der Waals surface area contributed by atoms with E-state index in [0.29, 0.717) is 0 Å². The van der Waals surface area contributed by atoms with Crippen LogP contribution < -0.4 is 0 Å². The summed E-state index contributed by atoms with van der Waals surface area (Å²) in [5, 5.41) is 2.40. The Kier molecular flexibility index (Phi) is 2.06. The number of benzene rings is 2. The van der Waals surface area contributed by atoms with Gasteiger partial charge in [-0.3, -0.25) is 0 Å². The standard InChI is InChI=1S/C17H13N2/c1-11-13-7-3-5-9-15(13)19-17(11)16-10-12-6-2-4-8-14(12)18-16/h2-10,18-19H,1H2. The number of aromatic amines is 2. The molecule has 0 spiro atoms. The minimum atomic E-state index is 1.04. The molecular weight excluding hydrogens is 232 g/mol. The molecule has 0 saturated heterocycles. The average molecular weight is 245 g/mol. The lowest BCUT2D eigenvalue weighted by atomic mass is 10.1. The van der Waals surface area contributed by atoms with Crippen molar-refractivity contribution < 1.29 is 0 Å². The zero-order valence-electron chi connectivity index (χ0n) is 10.4. The van der Waals surface area contributed by atoms with Crippen molar-refractivity contribution in [3.63, 3.8) is 0 Å². The first-order valence-electron chi connectivity index (χ1n) is 6.34. The molecule has 2 N–H and O–H groups in total. The molecule has 0 bridgehead atoms. The number of H-pyrrole nitrogens is 2. The van der Waals surface area contributed by atoms with Gasteiger partial charge in [0.2, 0.25) is 0 Å². The topological polar surface area (TPSA) is 31.6 Å². The molecule has 0 atom stereocenters. The van der Waals surface area contributed by atoms with Gasteiger partial charge in [0.25, 0.3) is 0 Å². The first-order chi connectivity index (χ1) is 9.33. The Hall–Kier alpha value is -2.48. The van der Waals surface area contributed by atoms with E-state index in [4.69, 9.17) is 0 Å². The van der Waals surface area contributed by atoms with Crippen molar-refractivity contribution in [3.05, 3.63) is 67.1 Å². The molecule has 1 radical (unpaired) electrons. The van der Waals surface area contributed by atoms with Crippen LogP contribution in [0.2, 0.25) is 0 Å². The van der Waals surface area contributed by atoms with Gasteiger partial charge < -0.3 is 9.97 Å². The van der Waals surface area contributed by atoms with Gasteiger partial charge in [-0.05, 0) is 30.7 Å². The number of aromatic nitrogens is 2. The molecule has 0 aliphatic heterocycles. The average Bonchev–Trinajstić information content (AvgIpc) is 3.00. The molecule has 0 aliphatic rings. The van der Waals surface area contributed by atoms with Gasteiger partial charge in [-0.2, -0.15) is 0 Å². The van der Waals surface area contributed by atoms with E-state index in [0.717, 1.165) is 28.0 Å². The fourth-order valence-corrected chi connectivity index (χ4v) is 2.64. The molecule has 2 nitrogen and oxygen atoms in total. The molecule has 0 aliphatic carbocycles. The smallest absolute Gasteiger partial charge is 0.0663 e. The Balaban J connectivity index is 2.01. The highest BCUT2D eigenvalue weighted by Crippen LogP contribution is 2.30. The highest BCUT2D eigenvalue weighted by molar-refractivity contribution is 5.93. The number of hydrogen-bond acceptors (Lipinski definition) is 0. The van der Waals surface area contributed by atoms with Crippen LogP contribution in [0.25, 0.3) is 33.2 Å². The lowest BCUT2D eigenvalue weighted by Crippen LogP contribution is -1.79. The highest BCUT2D eigenvalue weighted by atomic mass is 14.8. The van der Waals surface area contributed by atoms with E-state index >= 15 is 0 Å². The molecular formula is C17H13N2. The summed E-state index contributed by atoms with van der Waals surface area (Å²) in [6.45, 7) is 4.20. The van der Waals surface area contributed by atoms with Crippen molar-refractivity contribution in [2.24, 2.45) is 0 Å². The third-order valence-corrected chi connectivity index (χ3v) is 3.61. The Bertz CT molecular complexity index is 847. The van der Waals surface area contributed by atoms with E-state index < -0.39 is 0 Å². The number of hydrogen-bond donors (Lipinski definition) is 2. The fraction of sp³-hybridized carbons (Fsp3) is 0.